The van der Waals surface area contributed by atoms with E-state index in [-0.39, 0.29) is 24.1 Å². The van der Waals surface area contributed by atoms with E-state index in [1.165, 1.54) is 4.90 Å². The second-order valence-corrected chi connectivity index (χ2v) is 10.2. The van der Waals surface area contributed by atoms with Crippen LogP contribution in [0.5, 0.6) is 0 Å². The number of benzene rings is 1. The van der Waals surface area contributed by atoms with Crippen molar-refractivity contribution >= 4 is 29.4 Å². The molecule has 0 spiro atoms. The van der Waals surface area contributed by atoms with Crippen molar-refractivity contribution in [3.63, 3.8) is 0 Å². The van der Waals surface area contributed by atoms with Gasteiger partial charge in [0.1, 0.15) is 18.1 Å². The van der Waals surface area contributed by atoms with Crippen LogP contribution in [0.3, 0.4) is 0 Å². The number of likely N-dealkylation sites (tertiary alicyclic amines) is 1. The molecule has 2 fully saturated rings. The fourth-order valence-corrected chi connectivity index (χ4v) is 4.40. The average Bonchev–Trinajstić information content (AvgIpc) is 3.39. The Kier molecular flexibility index (Phi) is 8.04. The Morgan fingerprint density at radius 2 is 2.00 bits per heavy atom. The molecular formula is C25H36N4O6. The molecule has 4 N–H and O–H groups in total. The van der Waals surface area contributed by atoms with Crippen molar-refractivity contribution in [1.29, 1.82) is 0 Å². The topological polar surface area (TPSA) is 140 Å². The minimum atomic E-state index is -0.853. The monoisotopic (exact) mass is 488 g/mol. The van der Waals surface area contributed by atoms with Gasteiger partial charge in [-0.2, -0.15) is 0 Å². The molecule has 0 saturated carbocycles. The number of nitrogen functional groups attached to an aromatic ring is 1. The lowest BCUT2D eigenvalue weighted by atomic mass is 9.85. The van der Waals surface area contributed by atoms with Crippen molar-refractivity contribution in [1.82, 2.24) is 15.5 Å². The number of aryl methyl sites for hydroxylation is 1. The standard InChI is InChI=1S/C25H36N4O6/c1-6-34-24-17(13-19(30)35-24)27-22(32)18-8-7-11-29(18)23(33)20(25(3,4)5)28-21(31)15-9-10-16(26)14(2)12-15/h9-10,12,17-18,20,24H,6-8,11,13,26H2,1-5H3,(H,27,32)(H,28,31)/t17-,18?,20+,24+/m0/s1. The highest BCUT2D eigenvalue weighted by molar-refractivity contribution is 5.99. The highest BCUT2D eigenvalue weighted by atomic mass is 16.7. The molecule has 1 aromatic carbocycles. The number of ether oxygens (including phenoxy) is 2. The summed E-state index contributed by atoms with van der Waals surface area (Å²) in [4.78, 5) is 53.0. The van der Waals surface area contributed by atoms with Crippen LogP contribution in [-0.4, -0.2) is 66.2 Å². The van der Waals surface area contributed by atoms with Crippen LogP contribution in [0, 0.1) is 12.3 Å². The maximum Gasteiger partial charge on any atom is 0.310 e. The number of cyclic esters (lactones) is 1. The number of rotatable bonds is 7. The molecule has 1 unspecified atom stereocenters. The van der Waals surface area contributed by atoms with E-state index in [1.54, 1.807) is 25.1 Å². The third-order valence-corrected chi connectivity index (χ3v) is 6.38. The third kappa shape index (κ3) is 6.11. The molecule has 0 aromatic heterocycles. The van der Waals surface area contributed by atoms with Gasteiger partial charge in [0.25, 0.3) is 5.91 Å². The number of amides is 3. The van der Waals surface area contributed by atoms with E-state index < -0.39 is 35.8 Å². The average molecular weight is 489 g/mol. The number of nitrogens with one attached hydrogen (secondary N) is 2. The highest BCUT2D eigenvalue weighted by Crippen LogP contribution is 2.27. The second kappa shape index (κ2) is 10.6. The first kappa shape index (κ1) is 26.5. The molecule has 10 nitrogen and oxygen atoms in total. The highest BCUT2D eigenvalue weighted by Gasteiger charge is 2.44. The molecule has 1 aromatic rings. The molecule has 2 heterocycles. The van der Waals surface area contributed by atoms with E-state index in [4.69, 9.17) is 15.2 Å². The zero-order chi connectivity index (χ0) is 25.9. The number of anilines is 1. The lowest BCUT2D eigenvalue weighted by molar-refractivity contribution is -0.164. The second-order valence-electron chi connectivity index (χ2n) is 10.2. The van der Waals surface area contributed by atoms with Crippen molar-refractivity contribution in [3.8, 4) is 0 Å². The quantitative estimate of drug-likeness (QED) is 0.390. The van der Waals surface area contributed by atoms with E-state index in [0.717, 1.165) is 5.56 Å². The van der Waals surface area contributed by atoms with Crippen LogP contribution in [0.4, 0.5) is 5.69 Å². The van der Waals surface area contributed by atoms with Gasteiger partial charge >= 0.3 is 5.97 Å². The molecule has 0 aliphatic carbocycles. The maximum atomic E-state index is 13.7. The molecule has 2 saturated heterocycles. The minimum absolute atomic E-state index is 0.0127. The summed E-state index contributed by atoms with van der Waals surface area (Å²) in [5, 5.41) is 5.70. The number of hydrogen-bond donors (Lipinski definition) is 3. The fraction of sp³-hybridized carbons (Fsp3) is 0.600. The Hall–Kier alpha value is -3.14. The Bertz CT molecular complexity index is 989. The van der Waals surface area contributed by atoms with Crippen LogP contribution in [0.15, 0.2) is 18.2 Å². The molecule has 0 radical (unpaired) electrons. The number of esters is 1. The number of nitrogens with zero attached hydrogens (tertiary/aromatic N) is 1. The summed E-state index contributed by atoms with van der Waals surface area (Å²) >= 11 is 0. The molecule has 3 amide bonds. The number of carbonyl (C=O) groups is 4. The van der Waals surface area contributed by atoms with Crippen LogP contribution < -0.4 is 16.4 Å². The van der Waals surface area contributed by atoms with Crippen LogP contribution in [0.1, 0.15) is 62.9 Å². The SMILES string of the molecule is CCO[C@@H]1OC(=O)C[C@@H]1NC(=O)C1CCCN1C(=O)[C@@H](NC(=O)c1ccc(N)c(C)c1)C(C)(C)C. The predicted molar refractivity (Wildman–Crippen MR) is 129 cm³/mol. The summed E-state index contributed by atoms with van der Waals surface area (Å²) in [7, 11) is 0. The fourth-order valence-electron chi connectivity index (χ4n) is 4.40. The Morgan fingerprint density at radius 3 is 2.63 bits per heavy atom. The van der Waals surface area contributed by atoms with Crippen LogP contribution in [0.25, 0.3) is 0 Å². The van der Waals surface area contributed by atoms with E-state index in [1.807, 2.05) is 27.7 Å². The van der Waals surface area contributed by atoms with E-state index in [0.29, 0.717) is 37.2 Å². The van der Waals surface area contributed by atoms with Gasteiger partial charge in [-0.25, -0.2) is 0 Å². The largest absolute Gasteiger partial charge is 0.433 e. The zero-order valence-electron chi connectivity index (χ0n) is 21.1. The summed E-state index contributed by atoms with van der Waals surface area (Å²) < 4.78 is 10.5. The van der Waals surface area contributed by atoms with Crippen LogP contribution in [0.2, 0.25) is 0 Å². The normalized spacial score (nSPS) is 23.1. The summed E-state index contributed by atoms with van der Waals surface area (Å²) in [5.74, 6) is -1.52. The van der Waals surface area contributed by atoms with Crippen molar-refractivity contribution in [2.24, 2.45) is 5.41 Å². The van der Waals surface area contributed by atoms with Gasteiger partial charge in [0.15, 0.2) is 0 Å². The number of carbonyl (C=O) groups excluding carboxylic acids is 4. The van der Waals surface area contributed by atoms with Gasteiger partial charge in [-0.1, -0.05) is 20.8 Å². The first-order valence-electron chi connectivity index (χ1n) is 12.0. The van der Waals surface area contributed by atoms with E-state index >= 15 is 0 Å². The Balaban J connectivity index is 1.74. The molecule has 35 heavy (non-hydrogen) atoms. The van der Waals surface area contributed by atoms with Gasteiger partial charge < -0.3 is 30.7 Å². The number of nitrogens with two attached hydrogens (primary N) is 1. The molecule has 3 rings (SSSR count). The van der Waals surface area contributed by atoms with Crippen molar-refractivity contribution in [2.45, 2.75) is 78.3 Å². The zero-order valence-corrected chi connectivity index (χ0v) is 21.1. The van der Waals surface area contributed by atoms with Gasteiger partial charge in [0, 0.05) is 24.4 Å². The van der Waals surface area contributed by atoms with Crippen LogP contribution in [-0.2, 0) is 23.9 Å². The molecule has 4 atom stereocenters. The van der Waals surface area contributed by atoms with Gasteiger partial charge in [0.05, 0.1) is 6.42 Å². The smallest absolute Gasteiger partial charge is 0.310 e. The molecular weight excluding hydrogens is 452 g/mol. The lowest BCUT2D eigenvalue weighted by Crippen LogP contribution is -2.58. The summed E-state index contributed by atoms with van der Waals surface area (Å²) in [6.45, 7) is 9.91. The Morgan fingerprint density at radius 1 is 1.29 bits per heavy atom. The van der Waals surface area contributed by atoms with Gasteiger partial charge in [-0.3, -0.25) is 19.2 Å². The Labute approximate surface area is 205 Å². The van der Waals surface area contributed by atoms with Gasteiger partial charge in [-0.05, 0) is 55.9 Å². The van der Waals surface area contributed by atoms with Crippen molar-refractivity contribution in [2.75, 3.05) is 18.9 Å². The van der Waals surface area contributed by atoms with Gasteiger partial charge in [-0.15, -0.1) is 0 Å². The molecule has 192 valence electrons. The maximum absolute atomic E-state index is 13.7. The summed E-state index contributed by atoms with van der Waals surface area (Å²) in [6.07, 6.45) is 0.312. The van der Waals surface area contributed by atoms with E-state index in [2.05, 4.69) is 10.6 Å². The summed E-state index contributed by atoms with van der Waals surface area (Å²) in [6, 6.07) is 2.79. The first-order valence-corrected chi connectivity index (χ1v) is 12.0. The molecule has 10 heteroatoms. The van der Waals surface area contributed by atoms with Crippen molar-refractivity contribution in [3.05, 3.63) is 29.3 Å². The molecule has 2 aliphatic rings. The number of hydrogen-bond acceptors (Lipinski definition) is 7. The minimum Gasteiger partial charge on any atom is -0.433 e. The third-order valence-electron chi connectivity index (χ3n) is 6.38. The first-order chi connectivity index (χ1) is 16.4. The van der Waals surface area contributed by atoms with Gasteiger partial charge in [0.2, 0.25) is 18.1 Å². The predicted octanol–water partition coefficient (Wildman–Crippen LogP) is 1.51. The molecule has 0 bridgehead atoms. The lowest BCUT2D eigenvalue weighted by Gasteiger charge is -2.35. The van der Waals surface area contributed by atoms with E-state index in [9.17, 15) is 19.2 Å². The molecule has 2 aliphatic heterocycles. The summed E-state index contributed by atoms with van der Waals surface area (Å²) in [5.41, 5.74) is 7.01. The van der Waals surface area contributed by atoms with Crippen LogP contribution >= 0.6 is 0 Å². The van der Waals surface area contributed by atoms with Crippen molar-refractivity contribution < 1.29 is 28.7 Å².